The summed E-state index contributed by atoms with van der Waals surface area (Å²) in [4.78, 5) is 52.1. The average Bonchev–Trinajstić information content (AvgIpc) is 3.49. The lowest BCUT2D eigenvalue weighted by Gasteiger charge is -1.93. The maximum absolute atomic E-state index is 12.6. The molecule has 0 radical (unpaired) electrons. The van der Waals surface area contributed by atoms with Crippen LogP contribution in [0.15, 0.2) is 71.8 Å². The fourth-order valence-corrected chi connectivity index (χ4v) is 6.41. The molecule has 0 atom stereocenters. The molecule has 152 valence electrons. The number of benzene rings is 2. The van der Waals surface area contributed by atoms with Crippen LogP contribution in [-0.2, 0) is 0 Å². The maximum atomic E-state index is 12.6. The highest BCUT2D eigenvalue weighted by Crippen LogP contribution is 2.38. The van der Waals surface area contributed by atoms with Gasteiger partial charge in [0.05, 0.1) is 11.1 Å². The van der Waals surface area contributed by atoms with Crippen LogP contribution in [0.5, 0.6) is 0 Å². The molecule has 2 heterocycles. The second-order valence-electron chi connectivity index (χ2n) is 7.55. The number of rotatable bonds is 2. The summed E-state index contributed by atoms with van der Waals surface area (Å²) in [6, 6.07) is 17.6. The summed E-state index contributed by atoms with van der Waals surface area (Å²) in [7, 11) is 0. The van der Waals surface area contributed by atoms with Gasteiger partial charge in [0, 0.05) is 41.4 Å². The normalized spacial score (nSPS) is 15.0. The molecule has 2 aliphatic rings. The molecule has 0 saturated heterocycles. The van der Waals surface area contributed by atoms with Crippen LogP contribution in [0, 0.1) is 0 Å². The number of carbonyl (C=O) groups excluding carboxylic acids is 4. The Balaban J connectivity index is 1.33. The number of carbonyl (C=O) groups is 4. The van der Waals surface area contributed by atoms with E-state index in [1.54, 1.807) is 60.7 Å². The molecule has 0 aliphatic heterocycles. The number of hydrogen-bond acceptors (Lipinski definition) is 6. The first-order valence-corrected chi connectivity index (χ1v) is 11.5. The van der Waals surface area contributed by atoms with Gasteiger partial charge in [0.25, 0.3) is 0 Å². The Morgan fingerprint density at radius 3 is 1.12 bits per heavy atom. The molecule has 2 aromatic heterocycles. The SMILES string of the molecule is O=C1C(=Cc2cc3sc(C=C4C(=O)c5ccccc5C4=O)cc3s2)C(=O)c2ccccc21. The summed E-state index contributed by atoms with van der Waals surface area (Å²) >= 11 is 2.93. The van der Waals surface area contributed by atoms with Crippen molar-refractivity contribution >= 4 is 67.4 Å². The van der Waals surface area contributed by atoms with Gasteiger partial charge in [-0.15, -0.1) is 22.7 Å². The Bertz CT molecular complexity index is 1370. The van der Waals surface area contributed by atoms with E-state index in [4.69, 9.17) is 0 Å². The van der Waals surface area contributed by atoms with Gasteiger partial charge in [0.1, 0.15) is 0 Å². The lowest BCUT2D eigenvalue weighted by Crippen LogP contribution is -1.99. The van der Waals surface area contributed by atoms with Gasteiger partial charge in [-0.1, -0.05) is 48.5 Å². The molecule has 0 amide bonds. The monoisotopic (exact) mass is 452 g/mol. The highest BCUT2D eigenvalue weighted by molar-refractivity contribution is 7.28. The molecule has 0 N–H and O–H groups in total. The number of Topliss-reactive ketones (excluding diaryl/α,β-unsaturated/α-hetero) is 4. The van der Waals surface area contributed by atoms with Crippen molar-refractivity contribution in [1.29, 1.82) is 0 Å². The molecular formula is C26H12O4S2. The molecule has 6 heteroatoms. The van der Waals surface area contributed by atoms with Gasteiger partial charge in [-0.2, -0.15) is 0 Å². The Hall–Kier alpha value is -3.74. The van der Waals surface area contributed by atoms with Crippen molar-refractivity contribution in [3.05, 3.63) is 104 Å². The third-order valence-electron chi connectivity index (χ3n) is 5.63. The predicted molar refractivity (Wildman–Crippen MR) is 126 cm³/mol. The number of fused-ring (bicyclic) bond motifs is 3. The summed E-state index contributed by atoms with van der Waals surface area (Å²) in [6.45, 7) is 0. The number of ketones is 4. The summed E-state index contributed by atoms with van der Waals surface area (Å²) in [6.07, 6.45) is 3.31. The van der Waals surface area contributed by atoms with Crippen LogP contribution >= 0.6 is 22.7 Å². The van der Waals surface area contributed by atoms with E-state index in [1.165, 1.54) is 22.7 Å². The molecule has 4 aromatic rings. The molecule has 0 bridgehead atoms. The van der Waals surface area contributed by atoms with Crippen molar-refractivity contribution < 1.29 is 19.2 Å². The Morgan fingerprint density at radius 1 is 0.500 bits per heavy atom. The molecule has 0 unspecified atom stereocenters. The van der Waals surface area contributed by atoms with Crippen LogP contribution in [-0.4, -0.2) is 23.1 Å². The first-order chi connectivity index (χ1) is 15.5. The van der Waals surface area contributed by atoms with E-state index in [2.05, 4.69) is 0 Å². The van der Waals surface area contributed by atoms with Crippen LogP contribution in [0.2, 0.25) is 0 Å². The fourth-order valence-electron chi connectivity index (χ4n) is 4.11. The van der Waals surface area contributed by atoms with Crippen LogP contribution in [0.25, 0.3) is 21.6 Å². The van der Waals surface area contributed by atoms with Crippen LogP contribution in [0.3, 0.4) is 0 Å². The van der Waals surface area contributed by atoms with Crippen molar-refractivity contribution in [2.45, 2.75) is 0 Å². The third kappa shape index (κ3) is 2.74. The highest BCUT2D eigenvalue weighted by Gasteiger charge is 2.33. The van der Waals surface area contributed by atoms with Crippen molar-refractivity contribution in [3.8, 4) is 0 Å². The van der Waals surface area contributed by atoms with E-state index in [9.17, 15) is 19.2 Å². The van der Waals surface area contributed by atoms with Crippen LogP contribution in [0.4, 0.5) is 0 Å². The molecule has 6 rings (SSSR count). The minimum absolute atomic E-state index is 0.183. The van der Waals surface area contributed by atoms with E-state index >= 15 is 0 Å². The standard InChI is InChI=1S/C26H12O4S2/c27-23-15-5-1-2-6-16(15)24(28)19(23)9-13-11-21-22(31-13)12-14(32-21)10-20-25(29)17-7-3-4-8-18(17)26(20)30/h1-12H. The Morgan fingerprint density at radius 2 is 0.812 bits per heavy atom. The van der Waals surface area contributed by atoms with E-state index < -0.39 is 0 Å². The van der Waals surface area contributed by atoms with E-state index in [1.807, 2.05) is 12.1 Å². The summed E-state index contributed by atoms with van der Waals surface area (Å²) in [5.74, 6) is -0.979. The van der Waals surface area contributed by atoms with Crippen molar-refractivity contribution in [2.24, 2.45) is 0 Å². The molecule has 4 nitrogen and oxygen atoms in total. The largest absolute Gasteiger partial charge is 0.288 e. The molecule has 0 spiro atoms. The van der Waals surface area contributed by atoms with Crippen LogP contribution < -0.4 is 0 Å². The molecule has 2 aliphatic carbocycles. The number of allylic oxidation sites excluding steroid dienone is 2. The second kappa shape index (κ2) is 6.88. The van der Waals surface area contributed by atoms with Gasteiger partial charge in [-0.05, 0) is 24.3 Å². The quantitative estimate of drug-likeness (QED) is 0.281. The second-order valence-corrected chi connectivity index (χ2v) is 9.78. The first-order valence-electron chi connectivity index (χ1n) is 9.85. The Kier molecular flexibility index (Phi) is 4.08. The molecule has 32 heavy (non-hydrogen) atoms. The van der Waals surface area contributed by atoms with Crippen molar-refractivity contribution in [2.75, 3.05) is 0 Å². The third-order valence-corrected chi connectivity index (χ3v) is 7.82. The smallest absolute Gasteiger partial charge is 0.197 e. The zero-order valence-corrected chi connectivity index (χ0v) is 18.0. The minimum Gasteiger partial charge on any atom is -0.288 e. The molecular weight excluding hydrogens is 440 g/mol. The van der Waals surface area contributed by atoms with Gasteiger partial charge < -0.3 is 0 Å². The zero-order valence-electron chi connectivity index (χ0n) is 16.4. The Labute approximate surface area is 190 Å². The van der Waals surface area contributed by atoms with Gasteiger partial charge in [-0.3, -0.25) is 19.2 Å². The maximum Gasteiger partial charge on any atom is 0.197 e. The summed E-state index contributed by atoms with van der Waals surface area (Å²) in [5.41, 5.74) is 2.15. The minimum atomic E-state index is -0.245. The van der Waals surface area contributed by atoms with Crippen molar-refractivity contribution in [3.63, 3.8) is 0 Å². The van der Waals surface area contributed by atoms with Gasteiger partial charge in [0.15, 0.2) is 23.1 Å². The zero-order chi connectivity index (χ0) is 22.0. The van der Waals surface area contributed by atoms with Gasteiger partial charge in [0.2, 0.25) is 0 Å². The molecule has 0 fully saturated rings. The van der Waals surface area contributed by atoms with Gasteiger partial charge >= 0.3 is 0 Å². The van der Waals surface area contributed by atoms with Gasteiger partial charge in [-0.25, -0.2) is 0 Å². The van der Waals surface area contributed by atoms with E-state index in [0.29, 0.717) is 22.3 Å². The molecule has 0 saturated carbocycles. The lowest BCUT2D eigenvalue weighted by atomic mass is 10.1. The lowest BCUT2D eigenvalue weighted by molar-refractivity contribution is 0.0975. The number of thiophene rings is 2. The van der Waals surface area contributed by atoms with Crippen molar-refractivity contribution in [1.82, 2.24) is 0 Å². The topological polar surface area (TPSA) is 68.3 Å². The number of hydrogen-bond donors (Lipinski definition) is 0. The van der Waals surface area contributed by atoms with E-state index in [-0.39, 0.29) is 34.3 Å². The summed E-state index contributed by atoms with van der Waals surface area (Å²) < 4.78 is 1.94. The highest BCUT2D eigenvalue weighted by atomic mass is 32.1. The fraction of sp³-hybridized carbons (Fsp3) is 0. The van der Waals surface area contributed by atoms with Crippen LogP contribution in [0.1, 0.15) is 51.2 Å². The predicted octanol–water partition coefficient (Wildman–Crippen LogP) is 5.89. The average molecular weight is 453 g/mol. The molecule has 2 aromatic carbocycles. The summed E-state index contributed by atoms with van der Waals surface area (Å²) in [5, 5.41) is 0. The first kappa shape index (κ1) is 19.0. The van der Waals surface area contributed by atoms with E-state index in [0.717, 1.165) is 19.2 Å².